The van der Waals surface area contributed by atoms with Gasteiger partial charge in [-0.25, -0.2) is 0 Å². The van der Waals surface area contributed by atoms with E-state index < -0.39 is 0 Å². The van der Waals surface area contributed by atoms with Crippen molar-refractivity contribution in [2.75, 3.05) is 26.1 Å². The third-order valence-electron chi connectivity index (χ3n) is 4.85. The zero-order valence-electron chi connectivity index (χ0n) is 16.8. The number of hydrogen-bond acceptors (Lipinski definition) is 5. The smallest absolute Gasteiger partial charge is 0.254 e. The third kappa shape index (κ3) is 4.56. The van der Waals surface area contributed by atoms with Crippen molar-refractivity contribution < 1.29 is 19.1 Å². The molecule has 1 aliphatic rings. The fourth-order valence-corrected chi connectivity index (χ4v) is 3.39. The molecule has 29 heavy (non-hydrogen) atoms. The minimum atomic E-state index is -0.226. The Balaban J connectivity index is 1.88. The molecule has 1 aromatic heterocycles. The van der Waals surface area contributed by atoms with Gasteiger partial charge in [0.25, 0.3) is 5.91 Å². The Morgan fingerprint density at radius 1 is 1.21 bits per heavy atom. The second-order valence-corrected chi connectivity index (χ2v) is 6.70. The van der Waals surface area contributed by atoms with Gasteiger partial charge in [-0.05, 0) is 36.2 Å². The molecule has 7 heteroatoms. The second-order valence-electron chi connectivity index (χ2n) is 6.70. The quantitative estimate of drug-likeness (QED) is 0.729. The summed E-state index contributed by atoms with van der Waals surface area (Å²) in [7, 11) is 3.00. The maximum atomic E-state index is 13.1. The van der Waals surface area contributed by atoms with Crippen LogP contribution in [-0.4, -0.2) is 48.5 Å². The predicted octanol–water partition coefficient (Wildman–Crippen LogP) is 3.07. The molecule has 0 bridgehead atoms. The number of hydrogen-bond donors (Lipinski definition) is 1. The zero-order chi connectivity index (χ0) is 20.8. The number of rotatable bonds is 7. The average molecular weight is 395 g/mol. The molecule has 0 saturated carbocycles. The minimum absolute atomic E-state index is 0.0697. The van der Waals surface area contributed by atoms with Gasteiger partial charge in [0.1, 0.15) is 0 Å². The summed E-state index contributed by atoms with van der Waals surface area (Å²) in [6.45, 7) is 2.61. The van der Waals surface area contributed by atoms with Gasteiger partial charge >= 0.3 is 0 Å². The standard InChI is InChI=1S/C22H25N3O4/c1-4-17-6-5-11-25(17)22(27)16-13-18(21(29-3)19(14-16)28-2)24-20(26)12-15-7-9-23-10-8-15/h5-10,13-14,17H,4,11-12H2,1-3H3,(H,24,26). The molecule has 2 heterocycles. The number of carbonyl (C=O) groups is 2. The van der Waals surface area contributed by atoms with Crippen LogP contribution in [0.15, 0.2) is 48.8 Å². The van der Waals surface area contributed by atoms with E-state index in [1.54, 1.807) is 41.6 Å². The number of carbonyl (C=O) groups excluding carboxylic acids is 2. The van der Waals surface area contributed by atoms with E-state index in [1.807, 2.05) is 19.1 Å². The van der Waals surface area contributed by atoms with Crippen LogP contribution in [-0.2, 0) is 11.2 Å². The van der Waals surface area contributed by atoms with E-state index in [-0.39, 0.29) is 24.3 Å². The van der Waals surface area contributed by atoms with E-state index in [0.29, 0.717) is 29.3 Å². The first-order valence-corrected chi connectivity index (χ1v) is 9.49. The molecule has 1 atom stereocenters. The Morgan fingerprint density at radius 2 is 1.97 bits per heavy atom. The molecular formula is C22H25N3O4. The Kier molecular flexibility index (Phi) is 6.49. The van der Waals surface area contributed by atoms with Crippen LogP contribution in [0.25, 0.3) is 0 Å². The minimum Gasteiger partial charge on any atom is -0.493 e. The Hall–Kier alpha value is -3.35. The summed E-state index contributed by atoms with van der Waals surface area (Å²) in [5.74, 6) is 0.416. The maximum Gasteiger partial charge on any atom is 0.254 e. The lowest BCUT2D eigenvalue weighted by atomic mass is 10.1. The van der Waals surface area contributed by atoms with Gasteiger partial charge in [0.2, 0.25) is 5.91 Å². The van der Waals surface area contributed by atoms with Gasteiger partial charge in [-0.15, -0.1) is 0 Å². The molecule has 7 nitrogen and oxygen atoms in total. The van der Waals surface area contributed by atoms with Crippen molar-refractivity contribution in [1.82, 2.24) is 9.88 Å². The van der Waals surface area contributed by atoms with Gasteiger partial charge in [-0.1, -0.05) is 19.1 Å². The van der Waals surface area contributed by atoms with Crippen LogP contribution in [0.3, 0.4) is 0 Å². The van der Waals surface area contributed by atoms with Crippen molar-refractivity contribution in [3.8, 4) is 11.5 Å². The SMILES string of the molecule is CCC1C=CCN1C(=O)c1cc(NC(=O)Cc2ccncc2)c(OC)c(OC)c1. The van der Waals surface area contributed by atoms with Crippen molar-refractivity contribution in [2.45, 2.75) is 25.8 Å². The molecule has 152 valence electrons. The van der Waals surface area contributed by atoms with Crippen molar-refractivity contribution in [1.29, 1.82) is 0 Å². The molecule has 1 N–H and O–H groups in total. The number of pyridine rings is 1. The van der Waals surface area contributed by atoms with Crippen LogP contribution >= 0.6 is 0 Å². The van der Waals surface area contributed by atoms with Crippen LogP contribution in [0.5, 0.6) is 11.5 Å². The maximum absolute atomic E-state index is 13.1. The first kappa shape index (κ1) is 20.4. The van der Waals surface area contributed by atoms with Crippen LogP contribution in [0.4, 0.5) is 5.69 Å². The summed E-state index contributed by atoms with van der Waals surface area (Å²) >= 11 is 0. The molecule has 0 fully saturated rings. The van der Waals surface area contributed by atoms with Crippen molar-refractivity contribution in [3.63, 3.8) is 0 Å². The molecule has 0 aliphatic carbocycles. The summed E-state index contributed by atoms with van der Waals surface area (Å²) < 4.78 is 10.8. The van der Waals surface area contributed by atoms with Gasteiger partial charge in [0.05, 0.1) is 32.4 Å². The highest BCUT2D eigenvalue weighted by Gasteiger charge is 2.26. The van der Waals surface area contributed by atoms with E-state index in [1.165, 1.54) is 14.2 Å². The number of methoxy groups -OCH3 is 2. The summed E-state index contributed by atoms with van der Waals surface area (Å²) in [4.78, 5) is 31.4. The number of benzene rings is 1. The second kappa shape index (κ2) is 9.23. The van der Waals surface area contributed by atoms with E-state index in [2.05, 4.69) is 10.3 Å². The van der Waals surface area contributed by atoms with Gasteiger partial charge in [-0.2, -0.15) is 0 Å². The number of nitrogens with one attached hydrogen (secondary N) is 1. The van der Waals surface area contributed by atoms with Crippen LogP contribution in [0, 0.1) is 0 Å². The van der Waals surface area contributed by atoms with Crippen molar-refractivity contribution in [3.05, 3.63) is 59.9 Å². The van der Waals surface area contributed by atoms with Crippen LogP contribution in [0.2, 0.25) is 0 Å². The Morgan fingerprint density at radius 3 is 2.62 bits per heavy atom. The topological polar surface area (TPSA) is 80.8 Å². The molecule has 1 unspecified atom stereocenters. The van der Waals surface area contributed by atoms with Crippen molar-refractivity contribution >= 4 is 17.5 Å². The van der Waals surface area contributed by atoms with E-state index in [0.717, 1.165) is 12.0 Å². The number of amides is 2. The summed E-state index contributed by atoms with van der Waals surface area (Å²) in [5.41, 5.74) is 1.67. The highest BCUT2D eigenvalue weighted by Crippen LogP contribution is 2.37. The molecule has 1 aromatic carbocycles. The highest BCUT2D eigenvalue weighted by atomic mass is 16.5. The lowest BCUT2D eigenvalue weighted by Crippen LogP contribution is -2.35. The number of ether oxygens (including phenoxy) is 2. The van der Waals surface area contributed by atoms with Crippen LogP contribution in [0.1, 0.15) is 29.3 Å². The van der Waals surface area contributed by atoms with Gasteiger partial charge in [-0.3, -0.25) is 14.6 Å². The molecule has 2 amide bonds. The van der Waals surface area contributed by atoms with Gasteiger partial charge in [0.15, 0.2) is 11.5 Å². The van der Waals surface area contributed by atoms with Crippen molar-refractivity contribution in [2.24, 2.45) is 0 Å². The van der Waals surface area contributed by atoms with E-state index in [9.17, 15) is 9.59 Å². The van der Waals surface area contributed by atoms with E-state index in [4.69, 9.17) is 9.47 Å². The largest absolute Gasteiger partial charge is 0.493 e. The molecule has 0 saturated heterocycles. The van der Waals surface area contributed by atoms with Crippen LogP contribution < -0.4 is 14.8 Å². The average Bonchev–Trinajstić information content (AvgIpc) is 3.22. The van der Waals surface area contributed by atoms with Gasteiger partial charge in [0, 0.05) is 24.5 Å². The highest BCUT2D eigenvalue weighted by molar-refractivity contribution is 6.00. The number of nitrogens with zero attached hydrogens (tertiary/aromatic N) is 2. The Bertz CT molecular complexity index is 912. The van der Waals surface area contributed by atoms with E-state index >= 15 is 0 Å². The molecule has 2 aromatic rings. The fourth-order valence-electron chi connectivity index (χ4n) is 3.39. The summed E-state index contributed by atoms with van der Waals surface area (Å²) in [6, 6.07) is 6.91. The monoisotopic (exact) mass is 395 g/mol. The fraction of sp³-hybridized carbons (Fsp3) is 0.318. The van der Waals surface area contributed by atoms with Gasteiger partial charge < -0.3 is 19.7 Å². The molecule has 1 aliphatic heterocycles. The number of aromatic nitrogens is 1. The molecule has 0 radical (unpaired) electrons. The number of anilines is 1. The predicted molar refractivity (Wildman–Crippen MR) is 110 cm³/mol. The third-order valence-corrected chi connectivity index (χ3v) is 4.85. The lowest BCUT2D eigenvalue weighted by Gasteiger charge is -2.24. The summed E-state index contributed by atoms with van der Waals surface area (Å²) in [6.07, 6.45) is 8.32. The first-order valence-electron chi connectivity index (χ1n) is 9.49. The first-order chi connectivity index (χ1) is 14.1. The molecule has 0 spiro atoms. The normalized spacial score (nSPS) is 15.3. The zero-order valence-corrected chi connectivity index (χ0v) is 16.8. The lowest BCUT2D eigenvalue weighted by molar-refractivity contribution is -0.115. The molecular weight excluding hydrogens is 370 g/mol. The Labute approximate surface area is 170 Å². The molecule has 3 rings (SSSR count). The summed E-state index contributed by atoms with van der Waals surface area (Å²) in [5, 5.41) is 2.85.